The smallest absolute Gasteiger partial charge is 0.0267 e. The van der Waals surface area contributed by atoms with Gasteiger partial charge in [0.15, 0.2) is 0 Å². The topological polar surface area (TPSA) is 33.1 Å². The van der Waals surface area contributed by atoms with E-state index in [1.165, 1.54) is 0 Å². The molecule has 0 aliphatic heterocycles. The SMILES string of the molecule is CC.CC.CC.CC.CCCO.[I][V][I].c1ccncc1. The maximum atomic E-state index is 7.88. The molecule has 0 spiro atoms. The van der Waals surface area contributed by atoms with E-state index in [-0.39, 0.29) is 0 Å². The summed E-state index contributed by atoms with van der Waals surface area (Å²) >= 11 is 4.74. The van der Waals surface area contributed by atoms with Crippen LogP contribution in [-0.4, -0.2) is 16.7 Å². The minimum atomic E-state index is 0.319. The Bertz CT molecular complexity index is 129. The van der Waals surface area contributed by atoms with Crippen molar-refractivity contribution < 1.29 is 14.6 Å². The molecule has 1 N–H and O–H groups in total. The van der Waals surface area contributed by atoms with Crippen molar-refractivity contribution in [2.24, 2.45) is 0 Å². The van der Waals surface area contributed by atoms with Crippen LogP contribution in [0, 0.1) is 0 Å². The summed E-state index contributed by atoms with van der Waals surface area (Å²) in [4.78, 5) is 3.78. The Hall–Kier alpha value is 1.15. The molecule has 1 aromatic rings. The molecule has 0 bridgehead atoms. The Labute approximate surface area is 164 Å². The van der Waals surface area contributed by atoms with Crippen LogP contribution >= 0.6 is 40.0 Å². The number of hydrogen-bond donors (Lipinski definition) is 1. The van der Waals surface area contributed by atoms with Crippen LogP contribution in [0.3, 0.4) is 0 Å². The number of rotatable bonds is 1. The number of aliphatic hydroxyl groups is 1. The average Bonchev–Trinajstić information content (AvgIpc) is 2.64. The Kier molecular flexibility index (Phi) is 151. The van der Waals surface area contributed by atoms with Crippen LogP contribution in [0.5, 0.6) is 0 Å². The predicted octanol–water partition coefficient (Wildman–Crippen LogP) is 7.34. The summed E-state index contributed by atoms with van der Waals surface area (Å²) in [7, 11) is 0.628. The van der Waals surface area contributed by atoms with Crippen LogP contribution in [0.2, 0.25) is 0 Å². The molecule has 1 rings (SSSR count). The molecule has 0 saturated carbocycles. The van der Waals surface area contributed by atoms with E-state index in [1.54, 1.807) is 12.4 Å². The van der Waals surface area contributed by atoms with Crippen molar-refractivity contribution in [1.29, 1.82) is 0 Å². The number of hydrogen-bond acceptors (Lipinski definition) is 2. The normalized spacial score (nSPS) is 5.52. The third-order valence-corrected chi connectivity index (χ3v) is 0.790. The van der Waals surface area contributed by atoms with E-state index in [0.717, 1.165) is 6.42 Å². The van der Waals surface area contributed by atoms with Gasteiger partial charge in [0.05, 0.1) is 0 Å². The van der Waals surface area contributed by atoms with Crippen LogP contribution < -0.4 is 0 Å². The van der Waals surface area contributed by atoms with Gasteiger partial charge < -0.3 is 5.11 Å². The Morgan fingerprint density at radius 2 is 1.05 bits per heavy atom. The van der Waals surface area contributed by atoms with E-state index in [2.05, 4.69) is 44.9 Å². The fraction of sp³-hybridized carbons (Fsp3) is 0.688. The molecular formula is C16H37I2NOV. The van der Waals surface area contributed by atoms with Gasteiger partial charge in [-0.1, -0.05) is 68.4 Å². The van der Waals surface area contributed by atoms with Gasteiger partial charge in [-0.25, -0.2) is 0 Å². The summed E-state index contributed by atoms with van der Waals surface area (Å²) in [6.07, 6.45) is 4.38. The molecule has 21 heavy (non-hydrogen) atoms. The molecule has 0 aromatic carbocycles. The third kappa shape index (κ3) is 117. The van der Waals surface area contributed by atoms with Crippen LogP contribution in [0.1, 0.15) is 68.7 Å². The molecule has 131 valence electrons. The van der Waals surface area contributed by atoms with E-state index >= 15 is 0 Å². The van der Waals surface area contributed by atoms with Crippen LogP contribution in [0.25, 0.3) is 0 Å². The fourth-order valence-electron chi connectivity index (χ4n) is 0.313. The van der Waals surface area contributed by atoms with Gasteiger partial charge in [-0.15, -0.1) is 0 Å². The summed E-state index contributed by atoms with van der Waals surface area (Å²) in [6, 6.07) is 5.72. The zero-order chi connectivity index (χ0) is 18.4. The number of aromatic nitrogens is 1. The summed E-state index contributed by atoms with van der Waals surface area (Å²) in [6.45, 7) is 18.2. The first-order valence-corrected chi connectivity index (χ1v) is 16.7. The van der Waals surface area contributed by atoms with Crippen LogP contribution in [0.15, 0.2) is 30.6 Å². The van der Waals surface area contributed by atoms with Gasteiger partial charge in [-0.3, -0.25) is 4.98 Å². The molecule has 0 unspecified atom stereocenters. The van der Waals surface area contributed by atoms with Gasteiger partial charge in [-0.05, 0) is 18.6 Å². The second-order valence-corrected chi connectivity index (χ2v) is 13.6. The molecular weight excluding hydrogens is 527 g/mol. The summed E-state index contributed by atoms with van der Waals surface area (Å²) < 4.78 is 0. The van der Waals surface area contributed by atoms with Gasteiger partial charge in [0.2, 0.25) is 0 Å². The van der Waals surface area contributed by atoms with Crippen molar-refractivity contribution in [3.05, 3.63) is 30.6 Å². The molecule has 5 heteroatoms. The zero-order valence-corrected chi connectivity index (χ0v) is 21.1. The van der Waals surface area contributed by atoms with E-state index in [1.807, 2.05) is 80.5 Å². The Balaban J connectivity index is -0.0000000337. The van der Waals surface area contributed by atoms with Crippen molar-refractivity contribution in [2.45, 2.75) is 68.7 Å². The first kappa shape index (κ1) is 38.0. The zero-order valence-electron chi connectivity index (χ0n) is 15.4. The van der Waals surface area contributed by atoms with Gasteiger partial charge in [0, 0.05) is 19.0 Å². The quantitative estimate of drug-likeness (QED) is 0.362. The maximum Gasteiger partial charge on any atom is 0.0267 e. The van der Waals surface area contributed by atoms with Gasteiger partial charge in [-0.2, -0.15) is 0 Å². The molecule has 2 nitrogen and oxygen atoms in total. The molecule has 0 aliphatic rings. The predicted molar refractivity (Wildman–Crippen MR) is 115 cm³/mol. The number of pyridine rings is 1. The first-order valence-electron chi connectivity index (χ1n) is 7.71. The summed E-state index contributed by atoms with van der Waals surface area (Å²) in [5, 5.41) is 7.88. The van der Waals surface area contributed by atoms with Gasteiger partial charge in [0.25, 0.3) is 0 Å². The van der Waals surface area contributed by atoms with E-state index in [9.17, 15) is 0 Å². The molecule has 0 aliphatic carbocycles. The summed E-state index contributed by atoms with van der Waals surface area (Å²) in [5.41, 5.74) is 0. The van der Waals surface area contributed by atoms with Crippen molar-refractivity contribution in [2.75, 3.05) is 6.61 Å². The third-order valence-electron chi connectivity index (χ3n) is 0.790. The van der Waals surface area contributed by atoms with E-state index < -0.39 is 0 Å². The van der Waals surface area contributed by atoms with Crippen molar-refractivity contribution in [3.63, 3.8) is 0 Å². The van der Waals surface area contributed by atoms with Crippen molar-refractivity contribution >= 4 is 40.0 Å². The summed E-state index contributed by atoms with van der Waals surface area (Å²) in [5.74, 6) is 0. The van der Waals surface area contributed by atoms with Gasteiger partial charge >= 0.3 is 49.4 Å². The maximum absolute atomic E-state index is 7.88. The van der Waals surface area contributed by atoms with Crippen LogP contribution in [-0.2, 0) is 9.47 Å². The van der Waals surface area contributed by atoms with E-state index in [4.69, 9.17) is 5.11 Å². The molecule has 0 saturated heterocycles. The first-order chi connectivity index (χ1) is 10.3. The molecule has 0 fully saturated rings. The van der Waals surface area contributed by atoms with Crippen LogP contribution in [0.4, 0.5) is 0 Å². The second-order valence-electron chi connectivity index (χ2n) is 1.81. The molecule has 1 aromatic heterocycles. The Morgan fingerprint density at radius 1 is 0.810 bits per heavy atom. The average molecular weight is 564 g/mol. The monoisotopic (exact) mass is 564 g/mol. The standard InChI is InChI=1S/C5H5N.C3H8O.4C2H6.2HI.V/c1-2-4-6-5-3-1;1-2-3-4;4*1-2;;;/h1-5H;4H,2-3H2,1H3;4*1-2H3;2*1H;/q;;;;;;;;+2/p-2. The molecule has 0 radical (unpaired) electrons. The second kappa shape index (κ2) is 83.3. The Morgan fingerprint density at radius 3 is 1.10 bits per heavy atom. The molecule has 1 heterocycles. The fourth-order valence-corrected chi connectivity index (χ4v) is 0.313. The molecule has 0 atom stereocenters. The minimum absolute atomic E-state index is 0.319. The number of halogens is 2. The minimum Gasteiger partial charge on any atom is -0.265 e. The largest absolute Gasteiger partial charge is 0.265 e. The number of aliphatic hydroxyl groups excluding tert-OH is 1. The number of nitrogens with zero attached hydrogens (tertiary/aromatic N) is 1. The molecule has 0 amide bonds. The van der Waals surface area contributed by atoms with Crippen molar-refractivity contribution in [3.8, 4) is 0 Å². The van der Waals surface area contributed by atoms with E-state index in [0.29, 0.717) is 16.1 Å². The van der Waals surface area contributed by atoms with Gasteiger partial charge in [0.1, 0.15) is 0 Å². The van der Waals surface area contributed by atoms with Crippen molar-refractivity contribution in [1.82, 2.24) is 4.98 Å².